The Morgan fingerprint density at radius 2 is 2.32 bits per heavy atom. The van der Waals surface area contributed by atoms with Gasteiger partial charge in [0.05, 0.1) is 0 Å². The molecule has 0 aromatic carbocycles. The van der Waals surface area contributed by atoms with Crippen molar-refractivity contribution in [3.8, 4) is 0 Å². The van der Waals surface area contributed by atoms with Crippen LogP contribution in [-0.4, -0.2) is 35.4 Å². The molecule has 0 aliphatic carbocycles. The average molecular weight is 282 g/mol. The normalized spacial score (nSPS) is 17.7. The first-order chi connectivity index (χ1) is 8.93. The molecular weight excluding hydrogens is 260 g/mol. The van der Waals surface area contributed by atoms with Crippen LogP contribution in [0.4, 0.5) is 10.9 Å². The highest BCUT2D eigenvalue weighted by Gasteiger charge is 2.34. The number of carbonyl (C=O) groups excluding carboxylic acids is 1. The molecule has 0 unspecified atom stereocenters. The summed E-state index contributed by atoms with van der Waals surface area (Å²) in [6, 6.07) is 0. The van der Waals surface area contributed by atoms with E-state index in [-0.39, 0.29) is 11.3 Å². The molecule has 2 heterocycles. The van der Waals surface area contributed by atoms with E-state index in [4.69, 9.17) is 5.73 Å². The van der Waals surface area contributed by atoms with Gasteiger partial charge in [-0.2, -0.15) is 0 Å². The molecule has 106 valence electrons. The Kier molecular flexibility index (Phi) is 3.99. The van der Waals surface area contributed by atoms with Crippen molar-refractivity contribution in [3.05, 3.63) is 4.88 Å². The van der Waals surface area contributed by atoms with Crippen LogP contribution >= 0.6 is 11.3 Å². The van der Waals surface area contributed by atoms with Crippen LogP contribution in [-0.2, 0) is 0 Å². The fourth-order valence-corrected chi connectivity index (χ4v) is 3.10. The predicted molar refractivity (Wildman–Crippen MR) is 79.6 cm³/mol. The van der Waals surface area contributed by atoms with Gasteiger partial charge in [-0.15, -0.1) is 0 Å². The summed E-state index contributed by atoms with van der Waals surface area (Å²) in [6.07, 6.45) is 2.06. The topological polar surface area (TPSA) is 71.2 Å². The molecule has 0 atom stereocenters. The number of nitrogens with one attached hydrogen (secondary N) is 1. The largest absolute Gasteiger partial charge is 0.382 e. The summed E-state index contributed by atoms with van der Waals surface area (Å²) in [5, 5.41) is 3.91. The fraction of sp³-hybridized carbons (Fsp3) is 0.692. The van der Waals surface area contributed by atoms with Crippen LogP contribution in [0.2, 0.25) is 0 Å². The lowest BCUT2D eigenvalue weighted by Crippen LogP contribution is -2.30. The lowest BCUT2D eigenvalue weighted by atomic mass is 9.93. The number of aromatic nitrogens is 1. The molecule has 1 saturated heterocycles. The summed E-state index contributed by atoms with van der Waals surface area (Å²) in [7, 11) is 0. The summed E-state index contributed by atoms with van der Waals surface area (Å²) in [5.41, 5.74) is 6.07. The van der Waals surface area contributed by atoms with Crippen molar-refractivity contribution in [2.45, 2.75) is 33.6 Å². The number of anilines is 2. The monoisotopic (exact) mass is 282 g/mol. The molecule has 19 heavy (non-hydrogen) atoms. The van der Waals surface area contributed by atoms with E-state index < -0.39 is 0 Å². The molecule has 1 aromatic heterocycles. The van der Waals surface area contributed by atoms with Gasteiger partial charge >= 0.3 is 0 Å². The molecule has 0 radical (unpaired) electrons. The average Bonchev–Trinajstić information content (AvgIpc) is 2.89. The van der Waals surface area contributed by atoms with Crippen LogP contribution in [0, 0.1) is 5.41 Å². The van der Waals surface area contributed by atoms with Crippen LogP contribution in [0.15, 0.2) is 0 Å². The standard InChI is InChI=1S/C13H22N4OS/c1-4-6-15-12-16-10(14)9(19-12)11(18)17-7-5-13(2,3)8-17/h4-8,14H2,1-3H3,(H,15,16). The highest BCUT2D eigenvalue weighted by atomic mass is 32.1. The Hall–Kier alpha value is -1.30. The zero-order chi connectivity index (χ0) is 14.0. The summed E-state index contributed by atoms with van der Waals surface area (Å²) >= 11 is 1.36. The molecule has 1 aliphatic heterocycles. The van der Waals surface area contributed by atoms with Gasteiger partial charge in [0.2, 0.25) is 0 Å². The number of amides is 1. The van der Waals surface area contributed by atoms with Crippen molar-refractivity contribution in [2.75, 3.05) is 30.7 Å². The third-order valence-corrected chi connectivity index (χ3v) is 4.36. The first-order valence-electron chi connectivity index (χ1n) is 6.72. The highest BCUT2D eigenvalue weighted by Crippen LogP contribution is 2.32. The van der Waals surface area contributed by atoms with Gasteiger partial charge in [-0.05, 0) is 18.3 Å². The predicted octanol–water partition coefficient (Wildman–Crippen LogP) is 2.42. The van der Waals surface area contributed by atoms with Crippen LogP contribution in [0.1, 0.15) is 43.3 Å². The second-order valence-electron chi connectivity index (χ2n) is 5.80. The molecule has 1 aromatic rings. The van der Waals surface area contributed by atoms with Crippen LogP contribution in [0.5, 0.6) is 0 Å². The van der Waals surface area contributed by atoms with Crippen LogP contribution < -0.4 is 11.1 Å². The van der Waals surface area contributed by atoms with Gasteiger partial charge in [-0.25, -0.2) is 4.98 Å². The Bertz CT molecular complexity index is 469. The molecule has 1 fully saturated rings. The Labute approximate surface area is 118 Å². The lowest BCUT2D eigenvalue weighted by molar-refractivity contribution is 0.0784. The van der Waals surface area contributed by atoms with Gasteiger partial charge in [-0.3, -0.25) is 4.79 Å². The second kappa shape index (κ2) is 5.36. The van der Waals surface area contributed by atoms with Crippen molar-refractivity contribution in [2.24, 2.45) is 5.41 Å². The molecule has 0 bridgehead atoms. The molecule has 1 aliphatic rings. The van der Waals surface area contributed by atoms with E-state index in [1.165, 1.54) is 11.3 Å². The Morgan fingerprint density at radius 3 is 2.89 bits per heavy atom. The third-order valence-electron chi connectivity index (χ3n) is 3.34. The van der Waals surface area contributed by atoms with Gasteiger partial charge in [0.25, 0.3) is 5.91 Å². The maximum Gasteiger partial charge on any atom is 0.267 e. The summed E-state index contributed by atoms with van der Waals surface area (Å²) in [4.78, 5) is 19.1. The van der Waals surface area contributed by atoms with Gasteiger partial charge in [0, 0.05) is 19.6 Å². The Balaban J connectivity index is 2.09. The second-order valence-corrected chi connectivity index (χ2v) is 6.80. The summed E-state index contributed by atoms with van der Waals surface area (Å²) < 4.78 is 0. The lowest BCUT2D eigenvalue weighted by Gasteiger charge is -2.19. The first-order valence-corrected chi connectivity index (χ1v) is 7.54. The maximum absolute atomic E-state index is 12.4. The summed E-state index contributed by atoms with van der Waals surface area (Å²) in [6.45, 7) is 8.90. The van der Waals surface area contributed by atoms with Crippen LogP contribution in [0.3, 0.4) is 0 Å². The molecule has 0 saturated carbocycles. The van der Waals surface area contributed by atoms with Gasteiger partial charge < -0.3 is 16.0 Å². The molecule has 3 N–H and O–H groups in total. The highest BCUT2D eigenvalue weighted by molar-refractivity contribution is 7.18. The number of nitrogens with zero attached hydrogens (tertiary/aromatic N) is 2. The minimum atomic E-state index is 0.0186. The van der Waals surface area contributed by atoms with Crippen molar-refractivity contribution >= 4 is 28.2 Å². The zero-order valence-electron chi connectivity index (χ0n) is 11.8. The minimum absolute atomic E-state index is 0.0186. The minimum Gasteiger partial charge on any atom is -0.382 e. The number of rotatable bonds is 4. The zero-order valence-corrected chi connectivity index (χ0v) is 12.6. The van der Waals surface area contributed by atoms with E-state index in [0.717, 1.165) is 37.6 Å². The van der Waals surface area contributed by atoms with Gasteiger partial charge in [0.15, 0.2) is 5.13 Å². The summed E-state index contributed by atoms with van der Waals surface area (Å²) in [5.74, 6) is 0.364. The smallest absolute Gasteiger partial charge is 0.267 e. The molecule has 5 nitrogen and oxygen atoms in total. The number of nitrogen functional groups attached to an aromatic ring is 1. The number of carbonyl (C=O) groups is 1. The maximum atomic E-state index is 12.4. The number of nitrogens with two attached hydrogens (primary N) is 1. The quantitative estimate of drug-likeness (QED) is 0.889. The first kappa shape index (κ1) is 14.1. The van der Waals surface area contributed by atoms with Crippen molar-refractivity contribution in [3.63, 3.8) is 0 Å². The fourth-order valence-electron chi connectivity index (χ4n) is 2.22. The van der Waals surface area contributed by atoms with Crippen molar-refractivity contribution < 1.29 is 4.79 Å². The molecule has 1 amide bonds. The van der Waals surface area contributed by atoms with E-state index in [2.05, 4.69) is 31.1 Å². The van der Waals surface area contributed by atoms with E-state index in [0.29, 0.717) is 10.7 Å². The SMILES string of the molecule is CCCNc1nc(N)c(C(=O)N2CCC(C)(C)C2)s1. The number of hydrogen-bond donors (Lipinski definition) is 2. The van der Waals surface area contributed by atoms with E-state index in [9.17, 15) is 4.79 Å². The van der Waals surface area contributed by atoms with Crippen molar-refractivity contribution in [1.29, 1.82) is 0 Å². The van der Waals surface area contributed by atoms with E-state index in [1.54, 1.807) is 0 Å². The van der Waals surface area contributed by atoms with E-state index in [1.807, 2.05) is 4.90 Å². The number of thiazole rings is 1. The van der Waals surface area contributed by atoms with Gasteiger partial charge in [0.1, 0.15) is 10.7 Å². The third kappa shape index (κ3) is 3.18. The number of hydrogen-bond acceptors (Lipinski definition) is 5. The molecule has 0 spiro atoms. The van der Waals surface area contributed by atoms with E-state index >= 15 is 0 Å². The van der Waals surface area contributed by atoms with Crippen molar-refractivity contribution in [1.82, 2.24) is 9.88 Å². The number of likely N-dealkylation sites (tertiary alicyclic amines) is 1. The van der Waals surface area contributed by atoms with Gasteiger partial charge in [-0.1, -0.05) is 32.1 Å². The molecule has 2 rings (SSSR count). The van der Waals surface area contributed by atoms with Crippen LogP contribution in [0.25, 0.3) is 0 Å². The molecular formula is C13H22N4OS. The molecule has 6 heteroatoms. The Morgan fingerprint density at radius 1 is 1.58 bits per heavy atom.